The van der Waals surface area contributed by atoms with Gasteiger partial charge in [-0.2, -0.15) is 0 Å². The van der Waals surface area contributed by atoms with E-state index in [9.17, 15) is 8.42 Å². The Labute approximate surface area is 127 Å². The van der Waals surface area contributed by atoms with Gasteiger partial charge in [-0.05, 0) is 44.9 Å². The molecule has 0 atom stereocenters. The van der Waals surface area contributed by atoms with Gasteiger partial charge in [0.15, 0.2) is 0 Å². The molecule has 5 heteroatoms. The Hall–Kier alpha value is -1.35. The van der Waals surface area contributed by atoms with E-state index in [4.69, 9.17) is 5.11 Å². The first-order valence-corrected chi connectivity index (χ1v) is 8.44. The van der Waals surface area contributed by atoms with Crippen LogP contribution in [0, 0.1) is 18.8 Å². The maximum absolute atomic E-state index is 12.6. The first kappa shape index (κ1) is 17.7. The molecule has 0 fully saturated rings. The summed E-state index contributed by atoms with van der Waals surface area (Å²) in [4.78, 5) is 0.233. The lowest BCUT2D eigenvalue weighted by molar-refractivity contribution is 0.350. The van der Waals surface area contributed by atoms with E-state index in [0.29, 0.717) is 11.1 Å². The van der Waals surface area contributed by atoms with Gasteiger partial charge in [0.2, 0.25) is 10.0 Å². The fourth-order valence-corrected chi connectivity index (χ4v) is 3.92. The molecule has 0 amide bonds. The van der Waals surface area contributed by atoms with E-state index in [-0.39, 0.29) is 11.5 Å². The Kier molecular flexibility index (Phi) is 5.97. The SMILES string of the molecule is CCCC(C)(C)NS(=O)(=O)c1cc(C#CCO)ccc1C. The molecule has 0 aromatic heterocycles. The van der Waals surface area contributed by atoms with Crippen LogP contribution in [0.15, 0.2) is 23.1 Å². The summed E-state index contributed by atoms with van der Waals surface area (Å²) in [5, 5.41) is 8.72. The quantitative estimate of drug-likeness (QED) is 0.819. The Morgan fingerprint density at radius 1 is 1.33 bits per heavy atom. The van der Waals surface area contributed by atoms with Crippen LogP contribution in [0.25, 0.3) is 0 Å². The molecule has 0 radical (unpaired) electrons. The predicted molar refractivity (Wildman–Crippen MR) is 84.5 cm³/mol. The van der Waals surface area contributed by atoms with E-state index in [1.165, 1.54) is 0 Å². The van der Waals surface area contributed by atoms with Crippen molar-refractivity contribution in [3.05, 3.63) is 29.3 Å². The summed E-state index contributed by atoms with van der Waals surface area (Å²) in [6.07, 6.45) is 1.66. The van der Waals surface area contributed by atoms with Crippen LogP contribution in [0.3, 0.4) is 0 Å². The smallest absolute Gasteiger partial charge is 0.241 e. The minimum Gasteiger partial charge on any atom is -0.384 e. The summed E-state index contributed by atoms with van der Waals surface area (Å²) in [5.74, 6) is 5.25. The number of benzene rings is 1. The zero-order valence-electron chi connectivity index (χ0n) is 13.0. The first-order valence-electron chi connectivity index (χ1n) is 6.96. The van der Waals surface area contributed by atoms with Crippen molar-refractivity contribution in [1.82, 2.24) is 4.72 Å². The summed E-state index contributed by atoms with van der Waals surface area (Å²) in [6.45, 7) is 7.27. The highest BCUT2D eigenvalue weighted by molar-refractivity contribution is 7.89. The third-order valence-corrected chi connectivity index (χ3v) is 4.92. The van der Waals surface area contributed by atoms with E-state index >= 15 is 0 Å². The van der Waals surface area contributed by atoms with Gasteiger partial charge in [-0.15, -0.1) is 0 Å². The van der Waals surface area contributed by atoms with E-state index in [1.54, 1.807) is 25.1 Å². The fourth-order valence-electron chi connectivity index (χ4n) is 2.20. The molecular weight excluding hydrogens is 286 g/mol. The van der Waals surface area contributed by atoms with Crippen molar-refractivity contribution in [2.75, 3.05) is 6.61 Å². The second kappa shape index (κ2) is 7.08. The summed E-state index contributed by atoms with van der Waals surface area (Å²) in [5.41, 5.74) is 0.750. The molecule has 1 aromatic carbocycles. The molecule has 0 aliphatic rings. The van der Waals surface area contributed by atoms with Crippen LogP contribution in [-0.2, 0) is 10.0 Å². The van der Waals surface area contributed by atoms with Crippen molar-refractivity contribution in [3.63, 3.8) is 0 Å². The zero-order chi connectivity index (χ0) is 16.1. The minimum atomic E-state index is -3.60. The number of aliphatic hydroxyl groups excluding tert-OH is 1. The Bertz CT molecular complexity index is 652. The van der Waals surface area contributed by atoms with Gasteiger partial charge in [0.05, 0.1) is 4.90 Å². The molecule has 1 rings (SSSR count). The Balaban J connectivity index is 3.19. The van der Waals surface area contributed by atoms with Crippen molar-refractivity contribution in [3.8, 4) is 11.8 Å². The van der Waals surface area contributed by atoms with Crippen molar-refractivity contribution in [1.29, 1.82) is 0 Å². The number of rotatable bonds is 5. The number of aryl methyl sites for hydroxylation is 1. The van der Waals surface area contributed by atoms with E-state index in [2.05, 4.69) is 16.6 Å². The molecular formula is C16H23NO3S. The van der Waals surface area contributed by atoms with E-state index < -0.39 is 15.6 Å². The second-order valence-corrected chi connectivity index (χ2v) is 7.33. The van der Waals surface area contributed by atoms with E-state index in [1.807, 2.05) is 20.8 Å². The van der Waals surface area contributed by atoms with Gasteiger partial charge in [0.1, 0.15) is 6.61 Å². The number of sulfonamides is 1. The molecule has 1 aromatic rings. The van der Waals surface area contributed by atoms with Crippen molar-refractivity contribution in [2.45, 2.75) is 51.0 Å². The topological polar surface area (TPSA) is 66.4 Å². The molecule has 0 spiro atoms. The first-order chi connectivity index (χ1) is 9.72. The Morgan fingerprint density at radius 3 is 2.57 bits per heavy atom. The van der Waals surface area contributed by atoms with Crippen molar-refractivity contribution >= 4 is 10.0 Å². The molecule has 0 saturated carbocycles. The van der Waals surface area contributed by atoms with Crippen LogP contribution in [0.2, 0.25) is 0 Å². The molecule has 0 saturated heterocycles. The van der Waals surface area contributed by atoms with Gasteiger partial charge >= 0.3 is 0 Å². The normalized spacial score (nSPS) is 11.9. The van der Waals surface area contributed by atoms with Crippen LogP contribution >= 0.6 is 0 Å². The van der Waals surface area contributed by atoms with Crippen LogP contribution < -0.4 is 4.72 Å². The summed E-state index contributed by atoms with van der Waals surface area (Å²) in [6, 6.07) is 5.01. The lowest BCUT2D eigenvalue weighted by Gasteiger charge is -2.25. The van der Waals surface area contributed by atoms with Gasteiger partial charge in [-0.1, -0.05) is 31.3 Å². The van der Waals surface area contributed by atoms with Gasteiger partial charge in [-0.25, -0.2) is 13.1 Å². The van der Waals surface area contributed by atoms with Crippen LogP contribution in [0.4, 0.5) is 0 Å². The monoisotopic (exact) mass is 309 g/mol. The van der Waals surface area contributed by atoms with Crippen LogP contribution in [0.1, 0.15) is 44.7 Å². The third-order valence-electron chi connectivity index (χ3n) is 3.08. The van der Waals surface area contributed by atoms with E-state index in [0.717, 1.165) is 12.8 Å². The molecule has 0 aliphatic carbocycles. The number of nitrogens with one attached hydrogen (secondary N) is 1. The van der Waals surface area contributed by atoms with Gasteiger partial charge < -0.3 is 5.11 Å². The lowest BCUT2D eigenvalue weighted by atomic mass is 10.0. The second-order valence-electron chi connectivity index (χ2n) is 5.68. The highest BCUT2D eigenvalue weighted by Crippen LogP contribution is 2.20. The lowest BCUT2D eigenvalue weighted by Crippen LogP contribution is -2.43. The molecule has 4 nitrogen and oxygen atoms in total. The fraction of sp³-hybridized carbons (Fsp3) is 0.500. The standard InChI is InChI=1S/C16H23NO3S/c1-5-10-16(3,4)17-21(19,20)15-12-14(7-6-11-18)9-8-13(15)2/h8-9,12,17-18H,5,10-11H2,1-4H3. The molecule has 0 unspecified atom stereocenters. The number of hydrogen-bond donors (Lipinski definition) is 2. The van der Waals surface area contributed by atoms with Crippen molar-refractivity contribution < 1.29 is 13.5 Å². The molecule has 116 valence electrons. The van der Waals surface area contributed by atoms with Gasteiger partial charge in [0, 0.05) is 11.1 Å². The summed E-state index contributed by atoms with van der Waals surface area (Å²) < 4.78 is 27.9. The number of aliphatic hydroxyl groups is 1. The summed E-state index contributed by atoms with van der Waals surface area (Å²) in [7, 11) is -3.60. The van der Waals surface area contributed by atoms with Crippen LogP contribution in [0.5, 0.6) is 0 Å². The maximum atomic E-state index is 12.6. The highest BCUT2D eigenvalue weighted by atomic mass is 32.2. The molecule has 21 heavy (non-hydrogen) atoms. The predicted octanol–water partition coefficient (Wildman–Crippen LogP) is 2.20. The molecule has 0 heterocycles. The average molecular weight is 309 g/mol. The molecule has 0 aliphatic heterocycles. The third kappa shape index (κ3) is 5.16. The van der Waals surface area contributed by atoms with Crippen LogP contribution in [-0.4, -0.2) is 25.7 Å². The largest absolute Gasteiger partial charge is 0.384 e. The maximum Gasteiger partial charge on any atom is 0.241 e. The average Bonchev–Trinajstić information content (AvgIpc) is 2.36. The van der Waals surface area contributed by atoms with Crippen molar-refractivity contribution in [2.24, 2.45) is 0 Å². The molecule has 0 bridgehead atoms. The van der Waals surface area contributed by atoms with Gasteiger partial charge in [0.25, 0.3) is 0 Å². The van der Waals surface area contributed by atoms with Gasteiger partial charge in [-0.3, -0.25) is 0 Å². The highest BCUT2D eigenvalue weighted by Gasteiger charge is 2.26. The Morgan fingerprint density at radius 2 is 2.00 bits per heavy atom. The zero-order valence-corrected chi connectivity index (χ0v) is 13.8. The molecule has 2 N–H and O–H groups in total. The minimum absolute atomic E-state index is 0.233. The summed E-state index contributed by atoms with van der Waals surface area (Å²) >= 11 is 0. The number of hydrogen-bond acceptors (Lipinski definition) is 3.